The summed E-state index contributed by atoms with van der Waals surface area (Å²) in [7, 11) is 0. The minimum absolute atomic E-state index is 0.268. The van der Waals surface area contributed by atoms with Gasteiger partial charge < -0.3 is 11.1 Å². The van der Waals surface area contributed by atoms with Crippen LogP contribution in [0.2, 0.25) is 0 Å². The smallest absolute Gasteiger partial charge is 0.276 e. The van der Waals surface area contributed by atoms with Crippen LogP contribution in [0.3, 0.4) is 0 Å². The minimum Gasteiger partial charge on any atom is -0.375 e. The van der Waals surface area contributed by atoms with Crippen LogP contribution in [0.4, 0.5) is 10.9 Å². The molecule has 3 rings (SSSR count). The van der Waals surface area contributed by atoms with Crippen molar-refractivity contribution < 1.29 is 4.79 Å². The van der Waals surface area contributed by atoms with E-state index in [1.54, 1.807) is 11.6 Å². The topological polar surface area (TPSA) is 93.8 Å². The summed E-state index contributed by atoms with van der Waals surface area (Å²) in [6.07, 6.45) is 3.13. The number of nitrogens with two attached hydrogens (primary N) is 1. The van der Waals surface area contributed by atoms with Crippen molar-refractivity contribution >= 4 is 28.2 Å². The highest BCUT2D eigenvalue weighted by Gasteiger charge is 2.11. The zero-order valence-corrected chi connectivity index (χ0v) is 11.7. The van der Waals surface area contributed by atoms with Crippen LogP contribution in [0.5, 0.6) is 0 Å². The number of carbonyl (C=O) groups excluding carboxylic acids is 1. The molecule has 0 bridgehead atoms. The Morgan fingerprint density at radius 2 is 1.95 bits per heavy atom. The molecule has 0 fully saturated rings. The number of nitrogen functional groups attached to an aromatic ring is 1. The number of rotatable bonds is 3. The second-order valence-electron chi connectivity index (χ2n) is 4.18. The lowest BCUT2D eigenvalue weighted by atomic mass is 10.2. The maximum absolute atomic E-state index is 12.0. The molecule has 0 aliphatic heterocycles. The fourth-order valence-electron chi connectivity index (χ4n) is 1.75. The Hall–Kier alpha value is -2.80. The predicted octanol–water partition coefficient (Wildman–Crippen LogP) is 2.43. The van der Waals surface area contributed by atoms with Crippen molar-refractivity contribution in [3.8, 4) is 11.3 Å². The summed E-state index contributed by atoms with van der Waals surface area (Å²) in [4.78, 5) is 24.4. The Morgan fingerprint density at radius 1 is 1.14 bits per heavy atom. The number of carbonyl (C=O) groups is 1. The number of nitrogens with one attached hydrogen (secondary N) is 1. The molecule has 6 nitrogen and oxygen atoms in total. The quantitative estimate of drug-likeness (QED) is 0.774. The molecule has 2 aromatic heterocycles. The summed E-state index contributed by atoms with van der Waals surface area (Å²) < 4.78 is 0. The van der Waals surface area contributed by atoms with Crippen LogP contribution in [0, 0.1) is 0 Å². The van der Waals surface area contributed by atoms with Crippen LogP contribution in [0.15, 0.2) is 48.1 Å². The Morgan fingerprint density at radius 3 is 2.67 bits per heavy atom. The van der Waals surface area contributed by atoms with E-state index in [4.69, 9.17) is 5.73 Å². The van der Waals surface area contributed by atoms with Crippen molar-refractivity contribution in [3.63, 3.8) is 0 Å². The van der Waals surface area contributed by atoms with Crippen molar-refractivity contribution in [2.75, 3.05) is 11.1 Å². The first kappa shape index (κ1) is 13.2. The number of anilines is 2. The van der Waals surface area contributed by atoms with Gasteiger partial charge in [0.15, 0.2) is 10.9 Å². The van der Waals surface area contributed by atoms with Crippen LogP contribution < -0.4 is 11.1 Å². The van der Waals surface area contributed by atoms with Gasteiger partial charge in [0.05, 0.1) is 18.1 Å². The number of hydrogen-bond donors (Lipinski definition) is 2. The highest BCUT2D eigenvalue weighted by molar-refractivity contribution is 7.13. The summed E-state index contributed by atoms with van der Waals surface area (Å²) in [5.41, 5.74) is 7.39. The Bertz CT molecular complexity index is 772. The largest absolute Gasteiger partial charge is 0.375 e. The molecule has 104 valence electrons. The summed E-state index contributed by atoms with van der Waals surface area (Å²) in [5.74, 6) is 0.00962. The normalized spacial score (nSPS) is 10.3. The van der Waals surface area contributed by atoms with E-state index >= 15 is 0 Å². The SMILES string of the molecule is Nc1nc(C(=O)Nc2cncc(-c3ccccc3)n2)cs1. The van der Waals surface area contributed by atoms with E-state index in [2.05, 4.69) is 20.3 Å². The highest BCUT2D eigenvalue weighted by atomic mass is 32.1. The zero-order valence-electron chi connectivity index (χ0n) is 10.9. The lowest BCUT2D eigenvalue weighted by Gasteiger charge is -2.04. The van der Waals surface area contributed by atoms with Crippen LogP contribution >= 0.6 is 11.3 Å². The molecule has 0 spiro atoms. The lowest BCUT2D eigenvalue weighted by Crippen LogP contribution is -2.13. The molecule has 0 saturated heterocycles. The average Bonchev–Trinajstić information content (AvgIpc) is 2.95. The third-order valence-electron chi connectivity index (χ3n) is 2.70. The summed E-state index contributed by atoms with van der Waals surface area (Å²) in [6.45, 7) is 0. The number of benzene rings is 1. The average molecular weight is 297 g/mol. The molecular weight excluding hydrogens is 286 g/mol. The lowest BCUT2D eigenvalue weighted by molar-refractivity contribution is 0.102. The molecule has 2 heterocycles. The van der Waals surface area contributed by atoms with Gasteiger partial charge in [0, 0.05) is 10.9 Å². The van der Waals surface area contributed by atoms with Crippen molar-refractivity contribution in [3.05, 3.63) is 53.8 Å². The molecule has 7 heteroatoms. The van der Waals surface area contributed by atoms with Gasteiger partial charge in [-0.1, -0.05) is 30.3 Å². The molecule has 1 amide bonds. The maximum Gasteiger partial charge on any atom is 0.276 e. The van der Waals surface area contributed by atoms with E-state index in [0.29, 0.717) is 16.6 Å². The van der Waals surface area contributed by atoms with Crippen LogP contribution in [0.1, 0.15) is 10.5 Å². The van der Waals surface area contributed by atoms with Crippen LogP contribution in [-0.2, 0) is 0 Å². The minimum atomic E-state index is -0.359. The van der Waals surface area contributed by atoms with Crippen molar-refractivity contribution in [1.82, 2.24) is 15.0 Å². The molecule has 0 saturated carbocycles. The van der Waals surface area contributed by atoms with Gasteiger partial charge in [0.2, 0.25) is 0 Å². The first-order chi connectivity index (χ1) is 10.2. The summed E-state index contributed by atoms with van der Waals surface area (Å²) in [5, 5.41) is 4.61. The maximum atomic E-state index is 12.0. The first-order valence-electron chi connectivity index (χ1n) is 6.12. The van der Waals surface area contributed by atoms with E-state index in [0.717, 1.165) is 5.56 Å². The van der Waals surface area contributed by atoms with E-state index in [1.807, 2.05) is 30.3 Å². The Kier molecular flexibility index (Phi) is 3.57. The fraction of sp³-hybridized carbons (Fsp3) is 0. The molecule has 1 aromatic carbocycles. The molecule has 0 unspecified atom stereocenters. The van der Waals surface area contributed by atoms with Gasteiger partial charge in [0.1, 0.15) is 5.69 Å². The van der Waals surface area contributed by atoms with Crippen molar-refractivity contribution in [2.24, 2.45) is 0 Å². The molecule has 0 aliphatic carbocycles. The number of aromatic nitrogens is 3. The van der Waals surface area contributed by atoms with Gasteiger partial charge in [0.25, 0.3) is 5.91 Å². The highest BCUT2D eigenvalue weighted by Crippen LogP contribution is 2.17. The molecule has 3 aromatic rings. The van der Waals surface area contributed by atoms with Gasteiger partial charge in [-0.25, -0.2) is 9.97 Å². The van der Waals surface area contributed by atoms with Gasteiger partial charge in [-0.15, -0.1) is 11.3 Å². The molecule has 0 radical (unpaired) electrons. The standard InChI is InChI=1S/C14H11N5OS/c15-14-18-11(8-21-14)13(20)19-12-7-16-6-10(17-12)9-4-2-1-3-5-9/h1-8H,(H2,15,18)(H,17,19,20). The number of nitrogens with zero attached hydrogens (tertiary/aromatic N) is 3. The molecule has 0 aliphatic rings. The number of hydrogen-bond acceptors (Lipinski definition) is 6. The Balaban J connectivity index is 1.82. The van der Waals surface area contributed by atoms with E-state index in [-0.39, 0.29) is 11.6 Å². The van der Waals surface area contributed by atoms with Gasteiger partial charge in [-0.2, -0.15) is 0 Å². The second kappa shape index (κ2) is 5.68. The Labute approximate surface area is 124 Å². The fourth-order valence-corrected chi connectivity index (χ4v) is 2.29. The van der Waals surface area contributed by atoms with E-state index in [1.165, 1.54) is 17.5 Å². The third-order valence-corrected chi connectivity index (χ3v) is 3.37. The van der Waals surface area contributed by atoms with Gasteiger partial charge >= 0.3 is 0 Å². The third kappa shape index (κ3) is 3.03. The summed E-state index contributed by atoms with van der Waals surface area (Å²) in [6, 6.07) is 9.61. The van der Waals surface area contributed by atoms with Crippen molar-refractivity contribution in [1.29, 1.82) is 0 Å². The molecule has 3 N–H and O–H groups in total. The zero-order chi connectivity index (χ0) is 14.7. The van der Waals surface area contributed by atoms with E-state index < -0.39 is 0 Å². The number of thiazole rings is 1. The van der Waals surface area contributed by atoms with Gasteiger partial charge in [-0.3, -0.25) is 9.78 Å². The molecule has 0 atom stereocenters. The van der Waals surface area contributed by atoms with Crippen molar-refractivity contribution in [2.45, 2.75) is 0 Å². The van der Waals surface area contributed by atoms with Gasteiger partial charge in [-0.05, 0) is 0 Å². The van der Waals surface area contributed by atoms with Crippen LogP contribution in [0.25, 0.3) is 11.3 Å². The predicted molar refractivity (Wildman–Crippen MR) is 81.9 cm³/mol. The first-order valence-corrected chi connectivity index (χ1v) is 7.00. The van der Waals surface area contributed by atoms with E-state index in [9.17, 15) is 4.79 Å². The number of amides is 1. The monoisotopic (exact) mass is 297 g/mol. The summed E-state index contributed by atoms with van der Waals surface area (Å²) >= 11 is 1.21. The second-order valence-corrected chi connectivity index (χ2v) is 5.07. The molecular formula is C14H11N5OS. The van der Waals surface area contributed by atoms with Crippen LogP contribution in [-0.4, -0.2) is 20.9 Å². The molecule has 21 heavy (non-hydrogen) atoms.